The van der Waals surface area contributed by atoms with Crippen molar-refractivity contribution < 1.29 is 0 Å². The van der Waals surface area contributed by atoms with Gasteiger partial charge in [0.25, 0.3) is 0 Å². The molecule has 9 unspecified atom stereocenters. The van der Waals surface area contributed by atoms with Crippen molar-refractivity contribution in [3.63, 3.8) is 0 Å². The number of hydrogen-bond donors (Lipinski definition) is 0. The number of fused-ring (bicyclic) bond motifs is 5. The van der Waals surface area contributed by atoms with Crippen molar-refractivity contribution >= 4 is 0 Å². The van der Waals surface area contributed by atoms with E-state index >= 15 is 0 Å². The predicted octanol–water partition coefficient (Wildman–Crippen LogP) is 9.05. The molecule has 4 saturated carbocycles. The molecule has 0 saturated heterocycles. The molecule has 0 heterocycles. The molecule has 0 aromatic heterocycles. The van der Waals surface area contributed by atoms with Gasteiger partial charge in [-0.2, -0.15) is 0 Å². The zero-order chi connectivity index (χ0) is 20.8. The van der Waals surface area contributed by atoms with Crippen LogP contribution in [0.15, 0.2) is 11.6 Å². The Bertz CT molecular complexity index is 601. The lowest BCUT2D eigenvalue weighted by Gasteiger charge is -2.61. The van der Waals surface area contributed by atoms with Gasteiger partial charge < -0.3 is 0 Å². The maximum absolute atomic E-state index is 2.74. The second-order valence-electron chi connectivity index (χ2n) is 12.7. The second-order valence-corrected chi connectivity index (χ2v) is 12.7. The van der Waals surface area contributed by atoms with Crippen LogP contribution in [-0.4, -0.2) is 0 Å². The fourth-order valence-electron chi connectivity index (χ4n) is 9.55. The molecule has 4 aliphatic rings. The fraction of sp³-hybridized carbons (Fsp3) is 0.931. The summed E-state index contributed by atoms with van der Waals surface area (Å²) in [4.78, 5) is 0. The summed E-state index contributed by atoms with van der Waals surface area (Å²) >= 11 is 0. The highest BCUT2D eigenvalue weighted by Gasteiger charge is 2.60. The van der Waals surface area contributed by atoms with Crippen molar-refractivity contribution in [1.29, 1.82) is 0 Å². The van der Waals surface area contributed by atoms with Gasteiger partial charge >= 0.3 is 0 Å². The Balaban J connectivity index is 1.46. The van der Waals surface area contributed by atoms with Gasteiger partial charge in [-0.1, -0.05) is 52.7 Å². The molecule has 9 atom stereocenters. The van der Waals surface area contributed by atoms with E-state index in [9.17, 15) is 0 Å². The van der Waals surface area contributed by atoms with Crippen molar-refractivity contribution in [2.45, 2.75) is 119 Å². The van der Waals surface area contributed by atoms with Crippen LogP contribution in [0.25, 0.3) is 0 Å². The molecule has 29 heavy (non-hydrogen) atoms. The van der Waals surface area contributed by atoms with Crippen LogP contribution in [0, 0.1) is 52.3 Å². The van der Waals surface area contributed by atoms with Crippen LogP contribution in [-0.2, 0) is 0 Å². The SMILES string of the molecule is CCC=C(C)CCC(C)C1CCC2C3CCC4CC(C)CCC4(C)C3CCC12C. The Kier molecular flexibility index (Phi) is 6.32. The predicted molar refractivity (Wildman–Crippen MR) is 127 cm³/mol. The highest BCUT2D eigenvalue weighted by atomic mass is 14.6. The average Bonchev–Trinajstić information content (AvgIpc) is 3.04. The summed E-state index contributed by atoms with van der Waals surface area (Å²) in [5.41, 5.74) is 2.96. The Hall–Kier alpha value is -0.260. The molecule has 0 aliphatic heterocycles. The zero-order valence-electron chi connectivity index (χ0n) is 20.6. The number of rotatable bonds is 5. The van der Waals surface area contributed by atoms with Crippen LogP contribution in [0.4, 0.5) is 0 Å². The van der Waals surface area contributed by atoms with E-state index in [-0.39, 0.29) is 0 Å². The van der Waals surface area contributed by atoms with Crippen molar-refractivity contribution in [3.05, 3.63) is 11.6 Å². The molecule has 0 heteroatoms. The first-order valence-corrected chi connectivity index (χ1v) is 13.4. The van der Waals surface area contributed by atoms with Gasteiger partial charge in [0.2, 0.25) is 0 Å². The molecule has 0 nitrogen and oxygen atoms in total. The van der Waals surface area contributed by atoms with E-state index < -0.39 is 0 Å². The lowest BCUT2D eigenvalue weighted by atomic mass is 9.44. The molecule has 4 fully saturated rings. The normalized spacial score (nSPS) is 48.6. The monoisotopic (exact) mass is 398 g/mol. The number of hydrogen-bond acceptors (Lipinski definition) is 0. The minimum absolute atomic E-state index is 0.647. The van der Waals surface area contributed by atoms with Crippen molar-refractivity contribution in [1.82, 2.24) is 0 Å². The summed E-state index contributed by atoms with van der Waals surface area (Å²) in [7, 11) is 0. The maximum atomic E-state index is 2.74. The summed E-state index contributed by atoms with van der Waals surface area (Å²) in [5, 5.41) is 0. The first-order valence-electron chi connectivity index (χ1n) is 13.4. The van der Waals surface area contributed by atoms with E-state index in [4.69, 9.17) is 0 Å². The lowest BCUT2D eigenvalue weighted by Crippen LogP contribution is -2.53. The highest BCUT2D eigenvalue weighted by molar-refractivity contribution is 5.10. The van der Waals surface area contributed by atoms with E-state index in [2.05, 4.69) is 47.6 Å². The number of allylic oxidation sites excluding steroid dienone is 2. The molecule has 0 bridgehead atoms. The topological polar surface area (TPSA) is 0 Å². The van der Waals surface area contributed by atoms with Gasteiger partial charge in [-0.05, 0) is 130 Å². The van der Waals surface area contributed by atoms with Crippen LogP contribution in [0.5, 0.6) is 0 Å². The van der Waals surface area contributed by atoms with Crippen molar-refractivity contribution in [2.24, 2.45) is 52.3 Å². The Morgan fingerprint density at radius 1 is 0.966 bits per heavy atom. The smallest absolute Gasteiger partial charge is 0.0264 e. The van der Waals surface area contributed by atoms with E-state index in [1.165, 1.54) is 51.4 Å². The van der Waals surface area contributed by atoms with Crippen LogP contribution < -0.4 is 0 Å². The van der Waals surface area contributed by atoms with Crippen LogP contribution >= 0.6 is 0 Å². The quantitative estimate of drug-likeness (QED) is 0.405. The van der Waals surface area contributed by atoms with E-state index in [1.54, 1.807) is 31.3 Å². The molecule has 0 amide bonds. The largest absolute Gasteiger partial charge is 0.0859 e. The Morgan fingerprint density at radius 2 is 1.69 bits per heavy atom. The molecular weight excluding hydrogens is 348 g/mol. The Labute approximate surface area is 182 Å². The second kappa shape index (κ2) is 8.35. The van der Waals surface area contributed by atoms with Gasteiger partial charge in [-0.3, -0.25) is 0 Å². The molecule has 4 rings (SSSR count). The van der Waals surface area contributed by atoms with Gasteiger partial charge in [0.15, 0.2) is 0 Å². The fourth-order valence-corrected chi connectivity index (χ4v) is 9.55. The van der Waals surface area contributed by atoms with Gasteiger partial charge in [0, 0.05) is 0 Å². The van der Waals surface area contributed by atoms with E-state index in [1.807, 2.05) is 0 Å². The molecule has 0 aromatic rings. The van der Waals surface area contributed by atoms with Crippen molar-refractivity contribution in [2.75, 3.05) is 0 Å². The molecule has 166 valence electrons. The first kappa shape index (κ1) is 22.0. The van der Waals surface area contributed by atoms with E-state index in [0.29, 0.717) is 10.8 Å². The molecule has 0 aromatic carbocycles. The average molecular weight is 399 g/mol. The molecule has 0 radical (unpaired) electrons. The van der Waals surface area contributed by atoms with Gasteiger partial charge in [-0.15, -0.1) is 0 Å². The summed E-state index contributed by atoms with van der Waals surface area (Å²) in [6.07, 6.45) is 20.2. The maximum Gasteiger partial charge on any atom is -0.0264 e. The summed E-state index contributed by atoms with van der Waals surface area (Å²) < 4.78 is 0. The lowest BCUT2D eigenvalue weighted by molar-refractivity contribution is -0.120. The minimum Gasteiger partial charge on any atom is -0.0859 e. The minimum atomic E-state index is 0.647. The summed E-state index contributed by atoms with van der Waals surface area (Å²) in [5.74, 6) is 7.07. The highest BCUT2D eigenvalue weighted by Crippen LogP contribution is 2.68. The van der Waals surface area contributed by atoms with Crippen LogP contribution in [0.1, 0.15) is 119 Å². The third-order valence-electron chi connectivity index (χ3n) is 11.2. The van der Waals surface area contributed by atoms with E-state index in [0.717, 1.165) is 41.4 Å². The van der Waals surface area contributed by atoms with Gasteiger partial charge in [0.05, 0.1) is 0 Å². The molecule has 0 spiro atoms. The zero-order valence-corrected chi connectivity index (χ0v) is 20.6. The van der Waals surface area contributed by atoms with Crippen molar-refractivity contribution in [3.8, 4) is 0 Å². The van der Waals surface area contributed by atoms with Gasteiger partial charge in [0.1, 0.15) is 0 Å². The Morgan fingerprint density at radius 3 is 2.45 bits per heavy atom. The first-order chi connectivity index (χ1) is 13.8. The molecular formula is C29H50. The third-order valence-corrected chi connectivity index (χ3v) is 11.2. The standard InChI is InChI=1S/C29H50/c1-7-8-20(2)9-10-22(4)25-13-14-26-24-12-11-23-19-21(3)15-17-28(23,5)27(24)16-18-29(25,26)6/h8,21-27H,7,9-19H2,1-6H3. The molecule has 0 N–H and O–H groups in total. The van der Waals surface area contributed by atoms with Gasteiger partial charge in [-0.25, -0.2) is 0 Å². The third kappa shape index (κ3) is 3.78. The molecule has 4 aliphatic carbocycles. The summed E-state index contributed by atoms with van der Waals surface area (Å²) in [6.45, 7) is 15.2. The summed E-state index contributed by atoms with van der Waals surface area (Å²) in [6, 6.07) is 0. The van der Waals surface area contributed by atoms with Crippen LogP contribution in [0.3, 0.4) is 0 Å². The van der Waals surface area contributed by atoms with Crippen LogP contribution in [0.2, 0.25) is 0 Å².